The summed E-state index contributed by atoms with van der Waals surface area (Å²) in [5.41, 5.74) is -0.371. The third kappa shape index (κ3) is 2.16. The fourth-order valence-electron chi connectivity index (χ4n) is 1.66. The molecule has 0 aromatic heterocycles. The summed E-state index contributed by atoms with van der Waals surface area (Å²) in [6, 6.07) is 0. The average molecular weight is 215 g/mol. The quantitative estimate of drug-likeness (QED) is 0.580. The van der Waals surface area contributed by atoms with E-state index in [1.54, 1.807) is 0 Å². The standard InChI is InChI=1S/C10H17NO2S/c1-9(2,3)13-8(12)11-5-4-10(6-11)7-14-10/h4-7H2,1-3H3. The topological polar surface area (TPSA) is 29.5 Å². The highest BCUT2D eigenvalue weighted by Crippen LogP contribution is 2.51. The first kappa shape index (κ1) is 10.1. The molecule has 2 heterocycles. The second kappa shape index (κ2) is 3.05. The number of nitrogens with zero attached hydrogens (tertiary/aromatic N) is 1. The lowest BCUT2D eigenvalue weighted by atomic mass is 10.2. The first-order valence-electron chi connectivity index (χ1n) is 5.02. The molecule has 0 saturated carbocycles. The first-order valence-corrected chi connectivity index (χ1v) is 6.01. The summed E-state index contributed by atoms with van der Waals surface area (Å²) in [5.74, 6) is 1.21. The Morgan fingerprint density at radius 3 is 2.57 bits per heavy atom. The average Bonchev–Trinajstić information content (AvgIpc) is 2.57. The summed E-state index contributed by atoms with van der Waals surface area (Å²) < 4.78 is 5.73. The third-order valence-corrected chi connectivity index (χ3v) is 3.96. The molecule has 0 N–H and O–H groups in total. The molecule has 2 rings (SSSR count). The Labute approximate surface area is 89.2 Å². The maximum Gasteiger partial charge on any atom is 0.410 e. The Morgan fingerprint density at radius 2 is 2.14 bits per heavy atom. The Kier molecular flexibility index (Phi) is 2.21. The molecule has 1 unspecified atom stereocenters. The molecule has 80 valence electrons. The molecule has 2 aliphatic rings. The van der Waals surface area contributed by atoms with Gasteiger partial charge in [-0.2, -0.15) is 11.8 Å². The Bertz CT molecular complexity index is 255. The van der Waals surface area contributed by atoms with Gasteiger partial charge in [-0.15, -0.1) is 0 Å². The molecule has 0 bridgehead atoms. The molecular formula is C10H17NO2S. The minimum absolute atomic E-state index is 0.151. The zero-order valence-corrected chi connectivity index (χ0v) is 9.82. The number of carbonyl (C=O) groups is 1. The lowest BCUT2D eigenvalue weighted by Gasteiger charge is -2.24. The smallest absolute Gasteiger partial charge is 0.410 e. The summed E-state index contributed by atoms with van der Waals surface area (Å²) in [4.78, 5) is 13.5. The van der Waals surface area contributed by atoms with Gasteiger partial charge < -0.3 is 9.64 Å². The summed E-state index contributed by atoms with van der Waals surface area (Å²) in [6.07, 6.45) is 0.985. The number of amides is 1. The fraction of sp³-hybridized carbons (Fsp3) is 0.900. The van der Waals surface area contributed by atoms with Crippen LogP contribution >= 0.6 is 11.8 Å². The van der Waals surface area contributed by atoms with Crippen molar-refractivity contribution in [3.8, 4) is 0 Å². The van der Waals surface area contributed by atoms with Crippen LogP contribution in [-0.4, -0.2) is 40.2 Å². The second-order valence-corrected chi connectivity index (χ2v) is 6.57. The van der Waals surface area contributed by atoms with Gasteiger partial charge in [0.2, 0.25) is 0 Å². The number of ether oxygens (including phenoxy) is 1. The molecule has 4 heteroatoms. The molecular weight excluding hydrogens is 198 g/mol. The monoisotopic (exact) mass is 215 g/mol. The van der Waals surface area contributed by atoms with Gasteiger partial charge in [-0.1, -0.05) is 0 Å². The number of hydrogen-bond donors (Lipinski definition) is 0. The highest BCUT2D eigenvalue weighted by molar-refractivity contribution is 8.07. The van der Waals surface area contributed by atoms with E-state index in [0.717, 1.165) is 19.5 Å². The van der Waals surface area contributed by atoms with Crippen molar-refractivity contribution < 1.29 is 9.53 Å². The van der Waals surface area contributed by atoms with Crippen molar-refractivity contribution in [2.45, 2.75) is 37.5 Å². The third-order valence-electron chi connectivity index (χ3n) is 2.52. The van der Waals surface area contributed by atoms with E-state index in [1.807, 2.05) is 37.4 Å². The Balaban J connectivity index is 1.87. The van der Waals surface area contributed by atoms with Gasteiger partial charge in [-0.05, 0) is 27.2 Å². The number of likely N-dealkylation sites (tertiary alicyclic amines) is 1. The molecule has 0 aliphatic carbocycles. The van der Waals surface area contributed by atoms with E-state index >= 15 is 0 Å². The maximum absolute atomic E-state index is 11.7. The van der Waals surface area contributed by atoms with Gasteiger partial charge in [-0.3, -0.25) is 0 Å². The fourth-order valence-corrected chi connectivity index (χ4v) is 2.59. The molecule has 2 saturated heterocycles. The highest BCUT2D eigenvalue weighted by Gasteiger charge is 2.50. The lowest BCUT2D eigenvalue weighted by Crippen LogP contribution is -2.36. The first-order chi connectivity index (χ1) is 6.40. The van der Waals surface area contributed by atoms with Crippen LogP contribution in [0.1, 0.15) is 27.2 Å². The van der Waals surface area contributed by atoms with Crippen LogP contribution in [0.3, 0.4) is 0 Å². The maximum atomic E-state index is 11.7. The van der Waals surface area contributed by atoms with Crippen molar-refractivity contribution in [3.63, 3.8) is 0 Å². The summed E-state index contributed by atoms with van der Waals surface area (Å²) in [6.45, 7) is 7.46. The van der Waals surface area contributed by atoms with E-state index in [1.165, 1.54) is 5.75 Å². The molecule has 2 fully saturated rings. The number of thioether (sulfide) groups is 1. The SMILES string of the molecule is CC(C)(C)OC(=O)N1CCC2(CS2)C1. The second-order valence-electron chi connectivity index (χ2n) is 5.12. The Hall–Kier alpha value is -0.380. The summed E-state index contributed by atoms with van der Waals surface area (Å²) in [7, 11) is 0. The molecule has 1 atom stereocenters. The number of carbonyl (C=O) groups excluding carboxylic acids is 1. The van der Waals surface area contributed by atoms with E-state index in [2.05, 4.69) is 0 Å². The van der Waals surface area contributed by atoms with Gasteiger partial charge in [0.15, 0.2) is 0 Å². The molecule has 0 aromatic carbocycles. The predicted molar refractivity (Wildman–Crippen MR) is 57.6 cm³/mol. The number of rotatable bonds is 0. The van der Waals surface area contributed by atoms with Crippen LogP contribution in [0.25, 0.3) is 0 Å². The molecule has 2 aliphatic heterocycles. The molecule has 14 heavy (non-hydrogen) atoms. The predicted octanol–water partition coefficient (Wildman–Crippen LogP) is 2.11. The summed E-state index contributed by atoms with van der Waals surface area (Å²) >= 11 is 1.97. The van der Waals surface area contributed by atoms with Gasteiger partial charge in [-0.25, -0.2) is 4.79 Å². The largest absolute Gasteiger partial charge is 0.444 e. The van der Waals surface area contributed by atoms with Crippen molar-refractivity contribution in [1.29, 1.82) is 0 Å². The van der Waals surface area contributed by atoms with Crippen LogP contribution in [0.15, 0.2) is 0 Å². The van der Waals surface area contributed by atoms with Gasteiger partial charge in [0.1, 0.15) is 5.60 Å². The van der Waals surface area contributed by atoms with Crippen LogP contribution in [0.4, 0.5) is 4.79 Å². The van der Waals surface area contributed by atoms with Crippen molar-refractivity contribution in [1.82, 2.24) is 4.90 Å². The Morgan fingerprint density at radius 1 is 1.50 bits per heavy atom. The summed E-state index contributed by atoms with van der Waals surface area (Å²) in [5, 5.41) is 0. The minimum atomic E-state index is -0.371. The van der Waals surface area contributed by atoms with E-state index < -0.39 is 0 Å². The van der Waals surface area contributed by atoms with Crippen LogP contribution in [-0.2, 0) is 4.74 Å². The molecule has 1 amide bonds. The van der Waals surface area contributed by atoms with Crippen LogP contribution < -0.4 is 0 Å². The van der Waals surface area contributed by atoms with Gasteiger partial charge in [0, 0.05) is 23.6 Å². The van der Waals surface area contributed by atoms with Gasteiger partial charge in [0.05, 0.1) is 0 Å². The van der Waals surface area contributed by atoms with Crippen LogP contribution in [0, 0.1) is 0 Å². The number of hydrogen-bond acceptors (Lipinski definition) is 3. The molecule has 1 spiro atoms. The van der Waals surface area contributed by atoms with E-state index in [-0.39, 0.29) is 11.7 Å². The van der Waals surface area contributed by atoms with Crippen molar-refractivity contribution in [3.05, 3.63) is 0 Å². The zero-order valence-electron chi connectivity index (χ0n) is 9.00. The van der Waals surface area contributed by atoms with Crippen LogP contribution in [0.2, 0.25) is 0 Å². The van der Waals surface area contributed by atoms with E-state index in [0.29, 0.717) is 4.75 Å². The van der Waals surface area contributed by atoms with Crippen molar-refractivity contribution >= 4 is 17.9 Å². The minimum Gasteiger partial charge on any atom is -0.444 e. The molecule has 3 nitrogen and oxygen atoms in total. The lowest BCUT2D eigenvalue weighted by molar-refractivity contribution is 0.0293. The van der Waals surface area contributed by atoms with Crippen molar-refractivity contribution in [2.75, 3.05) is 18.8 Å². The zero-order chi connectivity index (χ0) is 10.4. The highest BCUT2D eigenvalue weighted by atomic mass is 32.2. The molecule has 0 aromatic rings. The molecule has 0 radical (unpaired) electrons. The normalized spacial score (nSPS) is 30.9. The van der Waals surface area contributed by atoms with Gasteiger partial charge >= 0.3 is 6.09 Å². The van der Waals surface area contributed by atoms with E-state index in [4.69, 9.17) is 4.74 Å². The van der Waals surface area contributed by atoms with Crippen LogP contribution in [0.5, 0.6) is 0 Å². The van der Waals surface area contributed by atoms with Crippen molar-refractivity contribution in [2.24, 2.45) is 0 Å². The van der Waals surface area contributed by atoms with E-state index in [9.17, 15) is 4.79 Å². The van der Waals surface area contributed by atoms with Gasteiger partial charge in [0.25, 0.3) is 0 Å².